The average molecular weight is 401 g/mol. The summed E-state index contributed by atoms with van der Waals surface area (Å²) < 4.78 is 15.7. The molecule has 0 aliphatic carbocycles. The van der Waals surface area contributed by atoms with Crippen molar-refractivity contribution < 1.29 is 28.6 Å². The van der Waals surface area contributed by atoms with Gasteiger partial charge in [0.15, 0.2) is 18.1 Å². The Kier molecular flexibility index (Phi) is 9.42. The summed E-state index contributed by atoms with van der Waals surface area (Å²) >= 11 is 6.18. The smallest absolute Gasteiger partial charge is 0.338 e. The Morgan fingerprint density at radius 3 is 2.52 bits per heavy atom. The van der Waals surface area contributed by atoms with Gasteiger partial charge in [-0.1, -0.05) is 32.4 Å². The molecule has 27 heavy (non-hydrogen) atoms. The van der Waals surface area contributed by atoms with Gasteiger partial charge in [0.2, 0.25) is 0 Å². The number of imide groups is 1. The summed E-state index contributed by atoms with van der Waals surface area (Å²) in [7, 11) is 1.42. The minimum absolute atomic E-state index is 0.0944. The Morgan fingerprint density at radius 2 is 1.93 bits per heavy atom. The highest BCUT2D eigenvalue weighted by atomic mass is 35.5. The van der Waals surface area contributed by atoms with E-state index in [0.29, 0.717) is 18.9 Å². The molecule has 0 atom stereocenters. The second kappa shape index (κ2) is 11.3. The van der Waals surface area contributed by atoms with Crippen LogP contribution in [0.1, 0.15) is 37.6 Å². The summed E-state index contributed by atoms with van der Waals surface area (Å²) in [6.07, 6.45) is 0.732. The van der Waals surface area contributed by atoms with Gasteiger partial charge in [0.25, 0.3) is 5.91 Å². The lowest BCUT2D eigenvalue weighted by Crippen LogP contribution is -2.41. The number of ether oxygens (including phenoxy) is 3. The maximum absolute atomic E-state index is 12.1. The van der Waals surface area contributed by atoms with Crippen molar-refractivity contribution in [2.24, 2.45) is 5.92 Å². The quantitative estimate of drug-likeness (QED) is 0.618. The predicted octanol–water partition coefficient (Wildman–Crippen LogP) is 2.78. The molecule has 0 saturated carbocycles. The standard InChI is InChI=1S/C18H25ClN2O6/c1-5-6-20-18(24)21-15(22)10-27-17(23)12-7-13(19)16(14(8-12)25-4)26-9-11(2)3/h7-8,11H,5-6,9-10H2,1-4H3,(H2,20,21,22,24). The fourth-order valence-electron chi connectivity index (χ4n) is 1.89. The summed E-state index contributed by atoms with van der Waals surface area (Å²) in [5, 5.41) is 4.71. The highest BCUT2D eigenvalue weighted by Gasteiger charge is 2.18. The number of nitrogens with one attached hydrogen (secondary N) is 2. The third-order valence-corrected chi connectivity index (χ3v) is 3.43. The van der Waals surface area contributed by atoms with Crippen molar-refractivity contribution >= 4 is 29.5 Å². The molecule has 0 unspecified atom stereocenters. The minimum Gasteiger partial charge on any atom is -0.493 e. The van der Waals surface area contributed by atoms with Crippen LogP contribution in [0.15, 0.2) is 12.1 Å². The number of benzene rings is 1. The third-order valence-electron chi connectivity index (χ3n) is 3.15. The van der Waals surface area contributed by atoms with E-state index in [4.69, 9.17) is 25.8 Å². The number of methoxy groups -OCH3 is 1. The number of hydrogen-bond donors (Lipinski definition) is 2. The van der Waals surface area contributed by atoms with E-state index < -0.39 is 24.5 Å². The number of rotatable bonds is 9. The first-order valence-corrected chi connectivity index (χ1v) is 8.91. The predicted molar refractivity (Wildman–Crippen MR) is 100 cm³/mol. The molecule has 8 nitrogen and oxygen atoms in total. The SMILES string of the molecule is CCCNC(=O)NC(=O)COC(=O)c1cc(Cl)c(OCC(C)C)c(OC)c1. The first-order chi connectivity index (χ1) is 12.8. The molecule has 2 N–H and O–H groups in total. The molecule has 0 radical (unpaired) electrons. The molecular formula is C18H25ClN2O6. The van der Waals surface area contributed by atoms with Crippen LogP contribution in [0.4, 0.5) is 4.79 Å². The monoisotopic (exact) mass is 400 g/mol. The second-order valence-corrected chi connectivity index (χ2v) is 6.48. The van der Waals surface area contributed by atoms with Gasteiger partial charge in [0.1, 0.15) is 0 Å². The van der Waals surface area contributed by atoms with Crippen LogP contribution in [-0.4, -0.2) is 44.8 Å². The zero-order valence-electron chi connectivity index (χ0n) is 15.9. The first-order valence-electron chi connectivity index (χ1n) is 8.53. The summed E-state index contributed by atoms with van der Waals surface area (Å²) in [6.45, 7) is 6.11. The lowest BCUT2D eigenvalue weighted by Gasteiger charge is -2.15. The Bertz CT molecular complexity index is 678. The molecular weight excluding hydrogens is 376 g/mol. The van der Waals surface area contributed by atoms with Crippen molar-refractivity contribution in [1.29, 1.82) is 0 Å². The van der Waals surface area contributed by atoms with Gasteiger partial charge in [-0.3, -0.25) is 10.1 Å². The van der Waals surface area contributed by atoms with Crippen LogP contribution < -0.4 is 20.1 Å². The molecule has 0 bridgehead atoms. The summed E-state index contributed by atoms with van der Waals surface area (Å²) in [5.74, 6) is -0.640. The Hall–Kier alpha value is -2.48. The zero-order valence-corrected chi connectivity index (χ0v) is 16.6. The Morgan fingerprint density at radius 1 is 1.22 bits per heavy atom. The largest absolute Gasteiger partial charge is 0.493 e. The van der Waals surface area contributed by atoms with Crippen LogP contribution >= 0.6 is 11.6 Å². The van der Waals surface area contributed by atoms with Gasteiger partial charge in [0, 0.05) is 6.54 Å². The first kappa shape index (κ1) is 22.6. The van der Waals surface area contributed by atoms with Gasteiger partial charge in [-0.2, -0.15) is 0 Å². The third kappa shape index (κ3) is 7.74. The molecule has 0 aliphatic rings. The Labute approximate surface area is 163 Å². The van der Waals surface area contributed by atoms with E-state index >= 15 is 0 Å². The fraction of sp³-hybridized carbons (Fsp3) is 0.500. The molecule has 0 spiro atoms. The highest BCUT2D eigenvalue weighted by molar-refractivity contribution is 6.32. The second-order valence-electron chi connectivity index (χ2n) is 6.07. The van der Waals surface area contributed by atoms with Crippen LogP contribution in [0.5, 0.6) is 11.5 Å². The number of amides is 3. The molecule has 1 aromatic rings. The zero-order chi connectivity index (χ0) is 20.4. The van der Waals surface area contributed by atoms with Gasteiger partial charge in [-0.25, -0.2) is 9.59 Å². The lowest BCUT2D eigenvalue weighted by atomic mass is 10.2. The molecule has 0 heterocycles. The maximum atomic E-state index is 12.1. The molecule has 0 saturated heterocycles. The van der Waals surface area contributed by atoms with Crippen molar-refractivity contribution in [2.45, 2.75) is 27.2 Å². The van der Waals surface area contributed by atoms with Gasteiger partial charge < -0.3 is 19.5 Å². The normalized spacial score (nSPS) is 10.3. The van der Waals surface area contributed by atoms with Gasteiger partial charge in [-0.05, 0) is 24.5 Å². The van der Waals surface area contributed by atoms with E-state index in [1.807, 2.05) is 20.8 Å². The van der Waals surface area contributed by atoms with E-state index in [0.717, 1.165) is 6.42 Å². The van der Waals surface area contributed by atoms with Crippen LogP contribution in [0.2, 0.25) is 5.02 Å². The molecule has 0 aromatic heterocycles. The van der Waals surface area contributed by atoms with Crippen molar-refractivity contribution in [3.63, 3.8) is 0 Å². The summed E-state index contributed by atoms with van der Waals surface area (Å²) in [6, 6.07) is 2.14. The van der Waals surface area contributed by atoms with Crippen molar-refractivity contribution in [3.8, 4) is 11.5 Å². The number of carbonyl (C=O) groups excluding carboxylic acids is 3. The van der Waals surface area contributed by atoms with Crippen LogP contribution in [0.3, 0.4) is 0 Å². The molecule has 1 aromatic carbocycles. The Balaban J connectivity index is 2.70. The van der Waals surface area contributed by atoms with Crippen LogP contribution in [0.25, 0.3) is 0 Å². The van der Waals surface area contributed by atoms with Crippen molar-refractivity contribution in [3.05, 3.63) is 22.7 Å². The van der Waals surface area contributed by atoms with Crippen molar-refractivity contribution in [1.82, 2.24) is 10.6 Å². The van der Waals surface area contributed by atoms with Crippen LogP contribution in [-0.2, 0) is 9.53 Å². The molecule has 150 valence electrons. The highest BCUT2D eigenvalue weighted by Crippen LogP contribution is 2.36. The number of carbonyl (C=O) groups is 3. The van der Waals surface area contributed by atoms with E-state index in [1.54, 1.807) is 0 Å². The van der Waals surface area contributed by atoms with Crippen LogP contribution in [0, 0.1) is 5.92 Å². The number of halogens is 1. The van der Waals surface area contributed by atoms with E-state index in [9.17, 15) is 14.4 Å². The van der Waals surface area contributed by atoms with E-state index in [1.165, 1.54) is 19.2 Å². The number of esters is 1. The number of hydrogen-bond acceptors (Lipinski definition) is 6. The molecule has 0 aliphatic heterocycles. The molecule has 9 heteroatoms. The summed E-state index contributed by atoms with van der Waals surface area (Å²) in [4.78, 5) is 35.1. The lowest BCUT2D eigenvalue weighted by molar-refractivity contribution is -0.123. The molecule has 0 fully saturated rings. The minimum atomic E-state index is -0.783. The van der Waals surface area contributed by atoms with Crippen molar-refractivity contribution in [2.75, 3.05) is 26.9 Å². The van der Waals surface area contributed by atoms with Gasteiger partial charge >= 0.3 is 12.0 Å². The van der Waals surface area contributed by atoms with Gasteiger partial charge in [0.05, 0.1) is 24.3 Å². The summed E-state index contributed by atoms with van der Waals surface area (Å²) in [5.41, 5.74) is 0.0944. The van der Waals surface area contributed by atoms with E-state index in [-0.39, 0.29) is 22.3 Å². The number of urea groups is 1. The van der Waals surface area contributed by atoms with E-state index in [2.05, 4.69) is 10.6 Å². The molecule has 1 rings (SSSR count). The topological polar surface area (TPSA) is 103 Å². The fourth-order valence-corrected chi connectivity index (χ4v) is 2.15. The van der Waals surface area contributed by atoms with Gasteiger partial charge in [-0.15, -0.1) is 0 Å². The molecule has 3 amide bonds. The maximum Gasteiger partial charge on any atom is 0.338 e. The average Bonchev–Trinajstić information content (AvgIpc) is 2.62.